The quantitative estimate of drug-likeness (QED) is 0.847. The first-order valence-corrected chi connectivity index (χ1v) is 6.87. The molecular weight excluding hydrogens is 287 g/mol. The number of benzene rings is 1. The molecule has 1 aromatic carbocycles. The van der Waals surface area contributed by atoms with Crippen LogP contribution in [0.5, 0.6) is 5.75 Å². The normalized spacial score (nSPS) is 10.1. The van der Waals surface area contributed by atoms with E-state index in [2.05, 4.69) is 10.6 Å². The Morgan fingerprint density at radius 3 is 2.58 bits per heavy atom. The summed E-state index contributed by atoms with van der Waals surface area (Å²) in [6.07, 6.45) is 1.51. The van der Waals surface area contributed by atoms with Gasteiger partial charge in [0.05, 0.1) is 12.1 Å². The van der Waals surface area contributed by atoms with Gasteiger partial charge in [0.15, 0.2) is 0 Å². The highest BCUT2D eigenvalue weighted by Crippen LogP contribution is 2.32. The van der Waals surface area contributed by atoms with Crippen LogP contribution in [-0.4, -0.2) is 26.2 Å². The lowest BCUT2D eigenvalue weighted by Gasteiger charge is -2.12. The van der Waals surface area contributed by atoms with Crippen LogP contribution in [-0.2, 0) is 6.42 Å². The molecule has 106 valence electrons. The molecule has 1 aromatic rings. The number of ether oxygens (including phenoxy) is 1. The summed E-state index contributed by atoms with van der Waals surface area (Å²) in [7, 11) is 1.56. The van der Waals surface area contributed by atoms with E-state index >= 15 is 0 Å². The van der Waals surface area contributed by atoms with Gasteiger partial charge in [-0.1, -0.05) is 30.1 Å². The van der Waals surface area contributed by atoms with Gasteiger partial charge in [0, 0.05) is 18.1 Å². The van der Waals surface area contributed by atoms with Crippen molar-refractivity contribution in [3.63, 3.8) is 0 Å². The molecule has 0 fully saturated rings. The van der Waals surface area contributed by atoms with Crippen LogP contribution in [0.2, 0.25) is 10.0 Å². The van der Waals surface area contributed by atoms with E-state index in [9.17, 15) is 4.79 Å². The average Bonchev–Trinajstić information content (AvgIpc) is 2.36. The molecular formula is C13H18Cl2N2O2. The number of methoxy groups -OCH3 is 1. The summed E-state index contributed by atoms with van der Waals surface area (Å²) < 4.78 is 5.23. The number of carbonyl (C=O) groups is 1. The van der Waals surface area contributed by atoms with Crippen molar-refractivity contribution in [2.45, 2.75) is 19.8 Å². The van der Waals surface area contributed by atoms with E-state index in [4.69, 9.17) is 27.9 Å². The molecule has 0 unspecified atom stereocenters. The van der Waals surface area contributed by atoms with Crippen molar-refractivity contribution in [2.24, 2.45) is 0 Å². The van der Waals surface area contributed by atoms with Crippen molar-refractivity contribution in [1.29, 1.82) is 0 Å². The Hall–Kier alpha value is -1.13. The maximum absolute atomic E-state index is 11.4. The Morgan fingerprint density at radius 2 is 1.95 bits per heavy atom. The Morgan fingerprint density at radius 1 is 1.26 bits per heavy atom. The number of halogens is 2. The summed E-state index contributed by atoms with van der Waals surface area (Å²) in [6, 6.07) is 3.25. The molecule has 1 rings (SSSR count). The average molecular weight is 305 g/mol. The van der Waals surface area contributed by atoms with E-state index in [1.807, 2.05) is 6.92 Å². The number of urea groups is 1. The molecule has 0 saturated heterocycles. The van der Waals surface area contributed by atoms with Gasteiger partial charge in [-0.3, -0.25) is 0 Å². The van der Waals surface area contributed by atoms with Crippen molar-refractivity contribution in [2.75, 3.05) is 20.2 Å². The molecule has 0 aliphatic carbocycles. The second-order valence-electron chi connectivity index (χ2n) is 4.01. The lowest BCUT2D eigenvalue weighted by Crippen LogP contribution is -2.36. The molecule has 0 saturated carbocycles. The minimum absolute atomic E-state index is 0.172. The highest BCUT2D eigenvalue weighted by molar-refractivity contribution is 6.35. The molecule has 0 aromatic heterocycles. The standard InChI is InChI=1S/C13H18Cl2N2O2/c1-3-5-16-13(18)17-6-4-9-7-10(14)8-11(15)12(9)19-2/h7-8H,3-6H2,1-2H3,(H2,16,17,18). The van der Waals surface area contributed by atoms with Gasteiger partial charge in [-0.2, -0.15) is 0 Å². The zero-order valence-electron chi connectivity index (χ0n) is 11.1. The lowest BCUT2D eigenvalue weighted by molar-refractivity contribution is 0.241. The van der Waals surface area contributed by atoms with Crippen LogP contribution < -0.4 is 15.4 Å². The number of nitrogens with one attached hydrogen (secondary N) is 2. The molecule has 6 heteroatoms. The summed E-state index contributed by atoms with van der Waals surface area (Å²) >= 11 is 12.0. The van der Waals surface area contributed by atoms with Crippen LogP contribution in [0, 0.1) is 0 Å². The zero-order valence-corrected chi connectivity index (χ0v) is 12.6. The first-order valence-electron chi connectivity index (χ1n) is 6.12. The molecule has 0 bridgehead atoms. The van der Waals surface area contributed by atoms with E-state index < -0.39 is 0 Å². The Balaban J connectivity index is 2.55. The van der Waals surface area contributed by atoms with Gasteiger partial charge in [0.2, 0.25) is 0 Å². The van der Waals surface area contributed by atoms with E-state index in [-0.39, 0.29) is 6.03 Å². The summed E-state index contributed by atoms with van der Waals surface area (Å²) in [4.78, 5) is 11.4. The fourth-order valence-corrected chi connectivity index (χ4v) is 2.25. The maximum atomic E-state index is 11.4. The fourth-order valence-electron chi connectivity index (χ4n) is 1.64. The predicted molar refractivity (Wildman–Crippen MR) is 78.4 cm³/mol. The maximum Gasteiger partial charge on any atom is 0.314 e. The van der Waals surface area contributed by atoms with E-state index in [1.165, 1.54) is 0 Å². The van der Waals surface area contributed by atoms with E-state index in [0.29, 0.717) is 35.3 Å². The van der Waals surface area contributed by atoms with Crippen LogP contribution >= 0.6 is 23.2 Å². The minimum Gasteiger partial charge on any atom is -0.495 e. The first-order chi connectivity index (χ1) is 9.08. The Bertz CT molecular complexity index is 439. The topological polar surface area (TPSA) is 50.4 Å². The fraction of sp³-hybridized carbons (Fsp3) is 0.462. The van der Waals surface area contributed by atoms with Crippen molar-refractivity contribution in [3.8, 4) is 5.75 Å². The summed E-state index contributed by atoms with van der Waals surface area (Å²) in [5.41, 5.74) is 0.871. The van der Waals surface area contributed by atoms with Crippen LogP contribution in [0.1, 0.15) is 18.9 Å². The summed E-state index contributed by atoms with van der Waals surface area (Å²) in [6.45, 7) is 3.15. The van der Waals surface area contributed by atoms with Gasteiger partial charge in [-0.05, 0) is 30.5 Å². The summed E-state index contributed by atoms with van der Waals surface area (Å²) in [5, 5.41) is 6.53. The molecule has 0 spiro atoms. The molecule has 4 nitrogen and oxygen atoms in total. The second kappa shape index (κ2) is 8.12. The highest BCUT2D eigenvalue weighted by atomic mass is 35.5. The monoisotopic (exact) mass is 304 g/mol. The Kier molecular flexibility index (Phi) is 6.81. The van der Waals surface area contributed by atoms with Crippen LogP contribution in [0.3, 0.4) is 0 Å². The van der Waals surface area contributed by atoms with Gasteiger partial charge in [-0.15, -0.1) is 0 Å². The van der Waals surface area contributed by atoms with Crippen molar-refractivity contribution in [3.05, 3.63) is 27.7 Å². The third kappa shape index (κ3) is 5.17. The predicted octanol–water partition coefficient (Wildman–Crippen LogP) is 3.25. The zero-order chi connectivity index (χ0) is 14.3. The van der Waals surface area contributed by atoms with Crippen molar-refractivity contribution in [1.82, 2.24) is 10.6 Å². The van der Waals surface area contributed by atoms with Gasteiger partial charge in [0.25, 0.3) is 0 Å². The third-order valence-corrected chi connectivity index (χ3v) is 3.00. The van der Waals surface area contributed by atoms with Crippen LogP contribution in [0.15, 0.2) is 12.1 Å². The highest BCUT2D eigenvalue weighted by Gasteiger charge is 2.10. The number of carbonyl (C=O) groups excluding carboxylic acids is 1. The second-order valence-corrected chi connectivity index (χ2v) is 4.86. The number of rotatable bonds is 6. The van der Waals surface area contributed by atoms with E-state index in [0.717, 1.165) is 12.0 Å². The molecule has 2 N–H and O–H groups in total. The SMILES string of the molecule is CCCNC(=O)NCCc1cc(Cl)cc(Cl)c1OC. The van der Waals surface area contributed by atoms with Gasteiger partial charge < -0.3 is 15.4 Å². The number of amides is 2. The Labute approximate surface area is 123 Å². The minimum atomic E-state index is -0.172. The molecule has 19 heavy (non-hydrogen) atoms. The molecule has 0 radical (unpaired) electrons. The smallest absolute Gasteiger partial charge is 0.314 e. The summed E-state index contributed by atoms with van der Waals surface area (Å²) in [5.74, 6) is 0.599. The van der Waals surface area contributed by atoms with Crippen LogP contribution in [0.25, 0.3) is 0 Å². The van der Waals surface area contributed by atoms with Crippen molar-refractivity contribution >= 4 is 29.2 Å². The van der Waals surface area contributed by atoms with Gasteiger partial charge in [0.1, 0.15) is 5.75 Å². The molecule has 0 heterocycles. The van der Waals surface area contributed by atoms with Gasteiger partial charge in [-0.25, -0.2) is 4.79 Å². The molecule has 0 atom stereocenters. The molecule has 0 aliphatic heterocycles. The van der Waals surface area contributed by atoms with Crippen molar-refractivity contribution < 1.29 is 9.53 Å². The van der Waals surface area contributed by atoms with E-state index in [1.54, 1.807) is 19.2 Å². The first kappa shape index (κ1) is 15.9. The molecule has 2 amide bonds. The number of hydrogen-bond donors (Lipinski definition) is 2. The molecule has 0 aliphatic rings. The van der Waals surface area contributed by atoms with Gasteiger partial charge >= 0.3 is 6.03 Å². The lowest BCUT2D eigenvalue weighted by atomic mass is 10.1. The van der Waals surface area contributed by atoms with Crippen LogP contribution in [0.4, 0.5) is 4.79 Å². The largest absolute Gasteiger partial charge is 0.495 e. The third-order valence-electron chi connectivity index (χ3n) is 2.50. The number of hydrogen-bond acceptors (Lipinski definition) is 2.